The Morgan fingerprint density at radius 3 is 2.91 bits per heavy atom. The molecule has 0 radical (unpaired) electrons. The Balaban J connectivity index is 3.71. The molecule has 1 unspecified atom stereocenters. The second-order valence-electron chi connectivity index (χ2n) is 2.46. The lowest BCUT2D eigenvalue weighted by molar-refractivity contribution is 0.731. The molecule has 1 atom stereocenters. The van der Waals surface area contributed by atoms with Gasteiger partial charge in [0.15, 0.2) is 0 Å². The van der Waals surface area contributed by atoms with Gasteiger partial charge in [-0.3, -0.25) is 0 Å². The summed E-state index contributed by atoms with van der Waals surface area (Å²) in [4.78, 5) is 0. The van der Waals surface area contributed by atoms with Crippen LogP contribution in [0.5, 0.6) is 0 Å². The number of rotatable bonds is 4. The topological polar surface area (TPSA) is 23.8 Å². The van der Waals surface area contributed by atoms with Gasteiger partial charge in [0.2, 0.25) is 0 Å². The fraction of sp³-hybridized carbons (Fsp3) is 0.444. The molecule has 0 saturated heterocycles. The molecule has 0 aliphatic carbocycles. The molecule has 0 N–H and O–H groups in total. The summed E-state index contributed by atoms with van der Waals surface area (Å²) in [5, 5.41) is 10.5. The molecule has 0 aromatic carbocycles. The first-order valence-corrected chi connectivity index (χ1v) is 4.76. The number of nitrogens with zero attached hydrogens (tertiary/aromatic N) is 1. The number of thioether (sulfide) groups is 1. The zero-order chi connectivity index (χ0) is 8.69. The lowest BCUT2D eigenvalue weighted by Crippen LogP contribution is -1.89. The van der Waals surface area contributed by atoms with Gasteiger partial charge in [-0.1, -0.05) is 19.6 Å². The molecule has 0 aliphatic heterocycles. The Labute approximate surface area is 72.8 Å². The molecule has 0 heterocycles. The van der Waals surface area contributed by atoms with E-state index in [2.05, 4.69) is 19.6 Å². The molecule has 0 amide bonds. The van der Waals surface area contributed by atoms with E-state index in [1.165, 1.54) is 0 Å². The van der Waals surface area contributed by atoms with Crippen LogP contribution in [-0.4, -0.2) is 6.26 Å². The molecule has 0 spiro atoms. The van der Waals surface area contributed by atoms with Crippen LogP contribution in [0.4, 0.5) is 0 Å². The maximum absolute atomic E-state index is 8.43. The molecule has 2 heteroatoms. The summed E-state index contributed by atoms with van der Waals surface area (Å²) in [6, 6.07) is 2.04. The van der Waals surface area contributed by atoms with E-state index < -0.39 is 0 Å². The molecule has 0 bridgehead atoms. The molecule has 0 saturated carbocycles. The monoisotopic (exact) mass is 167 g/mol. The average molecular weight is 167 g/mol. The van der Waals surface area contributed by atoms with Crippen molar-refractivity contribution in [2.24, 2.45) is 5.92 Å². The molecule has 0 aromatic rings. The third-order valence-corrected chi connectivity index (χ3v) is 1.70. The van der Waals surface area contributed by atoms with Crippen molar-refractivity contribution in [2.45, 2.75) is 13.3 Å². The molecule has 60 valence electrons. The van der Waals surface area contributed by atoms with Crippen LogP contribution in [0.25, 0.3) is 0 Å². The molecule has 0 aliphatic rings. The van der Waals surface area contributed by atoms with E-state index in [4.69, 9.17) is 5.26 Å². The Bertz CT molecular complexity index is 188. The number of allylic oxidation sites excluding steroid dienone is 2. The summed E-state index contributed by atoms with van der Waals surface area (Å²) in [6.07, 6.45) is 4.88. The van der Waals surface area contributed by atoms with Gasteiger partial charge in [0.05, 0.1) is 6.07 Å². The third-order valence-electron chi connectivity index (χ3n) is 1.27. The van der Waals surface area contributed by atoms with E-state index in [0.717, 1.165) is 6.42 Å². The minimum atomic E-state index is 0.426. The first-order chi connectivity index (χ1) is 5.20. The summed E-state index contributed by atoms with van der Waals surface area (Å²) < 4.78 is 0. The van der Waals surface area contributed by atoms with Gasteiger partial charge in [-0.2, -0.15) is 5.26 Å². The van der Waals surface area contributed by atoms with Gasteiger partial charge < -0.3 is 0 Å². The number of hydrogen-bond acceptors (Lipinski definition) is 2. The molecule has 0 aromatic heterocycles. The smallest absolute Gasteiger partial charge is 0.0941 e. The zero-order valence-corrected chi connectivity index (χ0v) is 7.82. The highest BCUT2D eigenvalue weighted by molar-refractivity contribution is 8.01. The van der Waals surface area contributed by atoms with Gasteiger partial charge in [-0.05, 0) is 24.0 Å². The first kappa shape index (κ1) is 10.3. The van der Waals surface area contributed by atoms with Gasteiger partial charge in [-0.15, -0.1) is 11.8 Å². The van der Waals surface area contributed by atoms with Crippen molar-refractivity contribution in [1.82, 2.24) is 0 Å². The van der Waals surface area contributed by atoms with Crippen LogP contribution in [0.3, 0.4) is 0 Å². The van der Waals surface area contributed by atoms with E-state index in [9.17, 15) is 0 Å². The summed E-state index contributed by atoms with van der Waals surface area (Å²) in [7, 11) is 0. The Morgan fingerprint density at radius 2 is 2.45 bits per heavy atom. The van der Waals surface area contributed by atoms with Crippen LogP contribution in [0, 0.1) is 17.2 Å². The van der Waals surface area contributed by atoms with Crippen molar-refractivity contribution in [3.05, 3.63) is 23.6 Å². The second kappa shape index (κ2) is 6.06. The van der Waals surface area contributed by atoms with Crippen LogP contribution in [0.2, 0.25) is 0 Å². The lowest BCUT2D eigenvalue weighted by atomic mass is 10.0. The number of nitriles is 1. The fourth-order valence-corrected chi connectivity index (χ4v) is 1.14. The van der Waals surface area contributed by atoms with Crippen LogP contribution in [0.1, 0.15) is 13.3 Å². The Morgan fingerprint density at radius 1 is 1.82 bits per heavy atom. The normalized spacial score (nSPS) is 12.8. The second-order valence-corrected chi connectivity index (χ2v) is 3.20. The summed E-state index contributed by atoms with van der Waals surface area (Å²) >= 11 is 1.67. The van der Waals surface area contributed by atoms with Gasteiger partial charge in [0.25, 0.3) is 0 Å². The highest BCUT2D eigenvalue weighted by Gasteiger charge is 1.98. The van der Waals surface area contributed by atoms with E-state index in [0.29, 0.717) is 11.5 Å². The maximum Gasteiger partial charge on any atom is 0.0941 e. The highest BCUT2D eigenvalue weighted by Crippen LogP contribution is 2.11. The zero-order valence-electron chi connectivity index (χ0n) is 7.00. The summed E-state index contributed by atoms with van der Waals surface area (Å²) in [5.41, 5.74) is 0.656. The van der Waals surface area contributed by atoms with Gasteiger partial charge in [-0.25, -0.2) is 0 Å². The highest BCUT2D eigenvalue weighted by atomic mass is 32.2. The minimum Gasteiger partial charge on any atom is -0.193 e. The SMILES string of the molecule is C=C(C#N)CC(C)/C=C/SC. The van der Waals surface area contributed by atoms with Crippen LogP contribution < -0.4 is 0 Å². The van der Waals surface area contributed by atoms with Crippen molar-refractivity contribution in [3.8, 4) is 6.07 Å². The summed E-state index contributed by atoms with van der Waals surface area (Å²) in [5.74, 6) is 0.426. The lowest BCUT2D eigenvalue weighted by Gasteiger charge is -2.01. The first-order valence-electron chi connectivity index (χ1n) is 3.48. The van der Waals surface area contributed by atoms with E-state index in [-0.39, 0.29) is 0 Å². The molecule has 0 rings (SSSR count). The van der Waals surface area contributed by atoms with Crippen molar-refractivity contribution < 1.29 is 0 Å². The van der Waals surface area contributed by atoms with Crippen molar-refractivity contribution in [1.29, 1.82) is 5.26 Å². The maximum atomic E-state index is 8.43. The Kier molecular flexibility index (Phi) is 5.68. The average Bonchev–Trinajstić information content (AvgIpc) is 2.00. The standard InChI is InChI=1S/C9H13NS/c1-8(4-5-11-3)6-9(2)7-10/h4-5,8H,2,6H2,1,3H3/b5-4+. The van der Waals surface area contributed by atoms with Crippen LogP contribution in [0.15, 0.2) is 23.6 Å². The van der Waals surface area contributed by atoms with E-state index >= 15 is 0 Å². The molecular formula is C9H13NS. The Hall–Kier alpha value is -0.680. The van der Waals surface area contributed by atoms with Crippen LogP contribution >= 0.6 is 11.8 Å². The van der Waals surface area contributed by atoms with Gasteiger partial charge in [0, 0.05) is 5.57 Å². The summed E-state index contributed by atoms with van der Waals surface area (Å²) in [6.45, 7) is 5.70. The molecular weight excluding hydrogens is 154 g/mol. The quantitative estimate of drug-likeness (QED) is 0.601. The van der Waals surface area contributed by atoms with E-state index in [1.807, 2.05) is 17.7 Å². The largest absolute Gasteiger partial charge is 0.193 e. The van der Waals surface area contributed by atoms with Gasteiger partial charge in [0.1, 0.15) is 0 Å². The van der Waals surface area contributed by atoms with E-state index in [1.54, 1.807) is 11.8 Å². The van der Waals surface area contributed by atoms with Crippen molar-refractivity contribution in [2.75, 3.05) is 6.26 Å². The molecule has 0 fully saturated rings. The predicted octanol–water partition coefficient (Wildman–Crippen LogP) is 2.97. The molecule has 1 nitrogen and oxygen atoms in total. The fourth-order valence-electron chi connectivity index (χ4n) is 0.715. The number of hydrogen-bond donors (Lipinski definition) is 0. The predicted molar refractivity (Wildman–Crippen MR) is 51.2 cm³/mol. The van der Waals surface area contributed by atoms with Crippen molar-refractivity contribution in [3.63, 3.8) is 0 Å². The third kappa shape index (κ3) is 5.75. The van der Waals surface area contributed by atoms with Crippen LogP contribution in [-0.2, 0) is 0 Å². The van der Waals surface area contributed by atoms with Crippen molar-refractivity contribution >= 4 is 11.8 Å². The van der Waals surface area contributed by atoms with Gasteiger partial charge >= 0.3 is 0 Å². The minimum absolute atomic E-state index is 0.426. The molecule has 11 heavy (non-hydrogen) atoms.